The van der Waals surface area contributed by atoms with Crippen LogP contribution in [0.3, 0.4) is 0 Å². The maximum absolute atomic E-state index is 4.80. The highest BCUT2D eigenvalue weighted by molar-refractivity contribution is 8.13. The van der Waals surface area contributed by atoms with Crippen molar-refractivity contribution in [3.05, 3.63) is 0 Å². The van der Waals surface area contributed by atoms with Gasteiger partial charge in [0, 0.05) is 16.5 Å². The summed E-state index contributed by atoms with van der Waals surface area (Å²) in [6.45, 7) is 10.0. The standard InChI is InChI=1S/C13H26N2S2/c1-6-13(7-2,16-5)9-14-12-15-11(4)10(3)8-17-12/h10-11H,6-9H2,1-5H3,(H,14,15). The van der Waals surface area contributed by atoms with Crippen molar-refractivity contribution in [1.29, 1.82) is 0 Å². The van der Waals surface area contributed by atoms with Crippen molar-refractivity contribution in [1.82, 2.24) is 5.32 Å². The molecule has 0 amide bonds. The zero-order valence-corrected chi connectivity index (χ0v) is 13.4. The minimum absolute atomic E-state index is 0.335. The fourth-order valence-corrected chi connectivity index (χ4v) is 3.77. The molecule has 0 aromatic heterocycles. The van der Waals surface area contributed by atoms with E-state index in [0.717, 1.165) is 17.6 Å². The molecule has 2 unspecified atom stereocenters. The first-order valence-corrected chi connectivity index (χ1v) is 8.77. The maximum Gasteiger partial charge on any atom is 0.156 e. The first kappa shape index (κ1) is 15.2. The molecular weight excluding hydrogens is 248 g/mol. The third-order valence-corrected chi connectivity index (χ3v) is 6.71. The van der Waals surface area contributed by atoms with Crippen molar-refractivity contribution in [2.75, 3.05) is 18.6 Å². The summed E-state index contributed by atoms with van der Waals surface area (Å²) in [6.07, 6.45) is 4.59. The summed E-state index contributed by atoms with van der Waals surface area (Å²) >= 11 is 3.84. The highest BCUT2D eigenvalue weighted by atomic mass is 32.2. The van der Waals surface area contributed by atoms with E-state index in [1.54, 1.807) is 0 Å². The Bertz CT molecular complexity index is 254. The Hall–Kier alpha value is 0.170. The molecule has 17 heavy (non-hydrogen) atoms. The minimum atomic E-state index is 0.335. The van der Waals surface area contributed by atoms with E-state index in [-0.39, 0.29) is 0 Å². The van der Waals surface area contributed by atoms with Gasteiger partial charge in [-0.15, -0.1) is 0 Å². The average Bonchev–Trinajstić information content (AvgIpc) is 2.36. The fourth-order valence-electron chi connectivity index (χ4n) is 1.87. The highest BCUT2D eigenvalue weighted by Gasteiger charge is 2.26. The normalized spacial score (nSPS) is 28.2. The zero-order valence-electron chi connectivity index (χ0n) is 11.7. The summed E-state index contributed by atoms with van der Waals surface area (Å²) in [5.74, 6) is 1.93. The molecule has 1 aliphatic rings. The lowest BCUT2D eigenvalue weighted by Crippen LogP contribution is -2.42. The molecule has 0 aliphatic carbocycles. The molecule has 2 atom stereocenters. The second-order valence-corrected chi connectivity index (χ2v) is 7.22. The number of rotatable bonds is 5. The van der Waals surface area contributed by atoms with Crippen molar-refractivity contribution < 1.29 is 0 Å². The molecule has 1 rings (SSSR count). The summed E-state index contributed by atoms with van der Waals surface area (Å²) in [6, 6.07) is 0.557. The Labute approximate surface area is 115 Å². The van der Waals surface area contributed by atoms with Crippen LogP contribution in [0.15, 0.2) is 4.99 Å². The lowest BCUT2D eigenvalue weighted by Gasteiger charge is -2.31. The quantitative estimate of drug-likeness (QED) is 0.828. The van der Waals surface area contributed by atoms with Gasteiger partial charge in [-0.25, -0.2) is 0 Å². The van der Waals surface area contributed by atoms with Crippen LogP contribution in [-0.4, -0.2) is 34.5 Å². The molecule has 0 saturated carbocycles. The Morgan fingerprint density at radius 1 is 1.41 bits per heavy atom. The fraction of sp³-hybridized carbons (Fsp3) is 0.923. The second-order valence-electron chi connectivity index (χ2n) is 4.94. The van der Waals surface area contributed by atoms with Gasteiger partial charge in [-0.3, -0.25) is 4.99 Å². The lowest BCUT2D eigenvalue weighted by molar-refractivity contribution is 0.488. The van der Waals surface area contributed by atoms with Crippen molar-refractivity contribution in [2.45, 2.75) is 51.3 Å². The Balaban J connectivity index is 2.58. The van der Waals surface area contributed by atoms with Crippen LogP contribution in [0.2, 0.25) is 0 Å². The van der Waals surface area contributed by atoms with Gasteiger partial charge in [0.1, 0.15) is 0 Å². The van der Waals surface area contributed by atoms with Crippen LogP contribution in [0.1, 0.15) is 40.5 Å². The molecular formula is C13H26N2S2. The Morgan fingerprint density at radius 2 is 2.06 bits per heavy atom. The molecule has 1 heterocycles. The first-order chi connectivity index (χ1) is 8.06. The van der Waals surface area contributed by atoms with E-state index in [1.807, 2.05) is 23.5 Å². The van der Waals surface area contributed by atoms with Crippen molar-refractivity contribution in [2.24, 2.45) is 10.9 Å². The van der Waals surface area contributed by atoms with E-state index in [4.69, 9.17) is 4.99 Å². The van der Waals surface area contributed by atoms with E-state index in [0.29, 0.717) is 10.8 Å². The van der Waals surface area contributed by atoms with Crippen LogP contribution in [0.5, 0.6) is 0 Å². The number of hydrogen-bond donors (Lipinski definition) is 1. The molecule has 1 fully saturated rings. The smallest absolute Gasteiger partial charge is 0.156 e. The minimum Gasteiger partial charge on any atom is -0.362 e. The van der Waals surface area contributed by atoms with Crippen LogP contribution >= 0.6 is 23.5 Å². The zero-order chi connectivity index (χ0) is 12.9. The van der Waals surface area contributed by atoms with Crippen molar-refractivity contribution in [3.8, 4) is 0 Å². The van der Waals surface area contributed by atoms with Gasteiger partial charge in [0.15, 0.2) is 5.17 Å². The molecule has 1 N–H and O–H groups in total. The van der Waals surface area contributed by atoms with Gasteiger partial charge >= 0.3 is 0 Å². The maximum atomic E-state index is 4.80. The number of nitrogens with zero attached hydrogens (tertiary/aromatic N) is 1. The molecule has 0 aromatic carbocycles. The van der Waals surface area contributed by atoms with Crippen LogP contribution in [0.25, 0.3) is 0 Å². The molecule has 1 saturated heterocycles. The highest BCUT2D eigenvalue weighted by Crippen LogP contribution is 2.31. The SMILES string of the molecule is CCC(CC)(CN=C1NC(C)C(C)CS1)SC. The van der Waals surface area contributed by atoms with Crippen LogP contribution < -0.4 is 5.32 Å². The van der Waals surface area contributed by atoms with Gasteiger partial charge < -0.3 is 5.32 Å². The van der Waals surface area contributed by atoms with Crippen LogP contribution in [-0.2, 0) is 0 Å². The molecule has 1 aliphatic heterocycles. The van der Waals surface area contributed by atoms with Gasteiger partial charge in [0.05, 0.1) is 6.54 Å². The van der Waals surface area contributed by atoms with Gasteiger partial charge in [-0.05, 0) is 31.9 Å². The summed E-state index contributed by atoms with van der Waals surface area (Å²) < 4.78 is 0.335. The van der Waals surface area contributed by atoms with E-state index < -0.39 is 0 Å². The second kappa shape index (κ2) is 6.93. The molecule has 100 valence electrons. The molecule has 4 heteroatoms. The van der Waals surface area contributed by atoms with E-state index in [9.17, 15) is 0 Å². The Morgan fingerprint density at radius 3 is 2.53 bits per heavy atom. The molecule has 2 nitrogen and oxygen atoms in total. The monoisotopic (exact) mass is 274 g/mol. The number of thioether (sulfide) groups is 2. The first-order valence-electron chi connectivity index (χ1n) is 6.55. The van der Waals surface area contributed by atoms with Gasteiger partial charge in [0.2, 0.25) is 0 Å². The summed E-state index contributed by atoms with van der Waals surface area (Å²) in [5, 5.41) is 4.66. The number of aliphatic imine (C=N–C) groups is 1. The van der Waals surface area contributed by atoms with E-state index in [2.05, 4.69) is 39.3 Å². The van der Waals surface area contributed by atoms with E-state index >= 15 is 0 Å². The van der Waals surface area contributed by atoms with Crippen molar-refractivity contribution >= 4 is 28.7 Å². The van der Waals surface area contributed by atoms with Gasteiger partial charge in [-0.2, -0.15) is 11.8 Å². The molecule has 0 spiro atoms. The predicted octanol–water partition coefficient (Wildman–Crippen LogP) is 3.63. The third-order valence-electron chi connectivity index (χ3n) is 3.92. The summed E-state index contributed by atoms with van der Waals surface area (Å²) in [4.78, 5) is 4.80. The van der Waals surface area contributed by atoms with Crippen LogP contribution in [0, 0.1) is 5.92 Å². The average molecular weight is 274 g/mol. The molecule has 0 aromatic rings. The van der Waals surface area contributed by atoms with Gasteiger partial charge in [0.25, 0.3) is 0 Å². The van der Waals surface area contributed by atoms with Crippen LogP contribution in [0.4, 0.5) is 0 Å². The van der Waals surface area contributed by atoms with E-state index in [1.165, 1.54) is 18.6 Å². The lowest BCUT2D eigenvalue weighted by atomic mass is 10.0. The Kier molecular flexibility index (Phi) is 6.21. The summed E-state index contributed by atoms with van der Waals surface area (Å²) in [5.41, 5.74) is 0. The topological polar surface area (TPSA) is 24.4 Å². The molecule has 0 bridgehead atoms. The van der Waals surface area contributed by atoms with Crippen molar-refractivity contribution in [3.63, 3.8) is 0 Å². The summed E-state index contributed by atoms with van der Waals surface area (Å²) in [7, 11) is 0. The molecule has 0 radical (unpaired) electrons. The van der Waals surface area contributed by atoms with Gasteiger partial charge in [-0.1, -0.05) is 32.5 Å². The number of hydrogen-bond acceptors (Lipinski definition) is 3. The third kappa shape index (κ3) is 4.09. The predicted molar refractivity (Wildman–Crippen MR) is 83.3 cm³/mol. The largest absolute Gasteiger partial charge is 0.362 e. The number of amidine groups is 1. The number of nitrogens with one attached hydrogen (secondary N) is 1.